The van der Waals surface area contributed by atoms with E-state index in [-0.39, 0.29) is 5.92 Å². The molecule has 0 aliphatic heterocycles. The maximum Gasteiger partial charge on any atom is 0.348 e. The Kier molecular flexibility index (Phi) is 3.09. The van der Waals surface area contributed by atoms with Gasteiger partial charge in [0.05, 0.1) is 0 Å². The third-order valence-corrected chi connectivity index (χ3v) is 3.42. The van der Waals surface area contributed by atoms with Crippen LogP contribution in [0, 0.1) is 5.92 Å². The smallest absolute Gasteiger partial charge is 0.348 e. The summed E-state index contributed by atoms with van der Waals surface area (Å²) in [5.74, 6) is -0.0756. The summed E-state index contributed by atoms with van der Waals surface area (Å²) in [6, 6.07) is 7.66. The molecule has 1 unspecified atom stereocenters. The highest BCUT2D eigenvalue weighted by molar-refractivity contribution is 5.78. The van der Waals surface area contributed by atoms with Crippen molar-refractivity contribution in [2.75, 3.05) is 0 Å². The third-order valence-electron chi connectivity index (χ3n) is 3.42. The van der Waals surface area contributed by atoms with Crippen LogP contribution >= 0.6 is 0 Å². The Morgan fingerprint density at radius 3 is 2.76 bits per heavy atom. The Morgan fingerprint density at radius 2 is 2.24 bits per heavy atom. The van der Waals surface area contributed by atoms with E-state index in [0.29, 0.717) is 5.75 Å². The Bertz CT molecular complexity index is 423. The predicted octanol–water partition coefficient (Wildman–Crippen LogP) is 2.88. The summed E-state index contributed by atoms with van der Waals surface area (Å²) < 4.78 is 5.73. The molecule has 1 aliphatic rings. The minimum Gasteiger partial charge on any atom is -0.478 e. The molecule has 0 bridgehead atoms. The van der Waals surface area contributed by atoms with E-state index in [1.807, 2.05) is 24.3 Å². The Morgan fingerprint density at radius 1 is 1.53 bits per heavy atom. The molecular formula is C14H18O3. The van der Waals surface area contributed by atoms with Gasteiger partial charge >= 0.3 is 5.97 Å². The van der Waals surface area contributed by atoms with Crippen molar-refractivity contribution in [2.24, 2.45) is 5.92 Å². The SMILES string of the molecule is CCc1cccc(OC(C)(C(=O)O)C2CC2)c1. The molecule has 1 N–H and O–H groups in total. The molecule has 17 heavy (non-hydrogen) atoms. The van der Waals surface area contributed by atoms with Gasteiger partial charge in [0.2, 0.25) is 5.60 Å². The first-order valence-corrected chi connectivity index (χ1v) is 6.07. The predicted molar refractivity (Wildman–Crippen MR) is 65.2 cm³/mol. The van der Waals surface area contributed by atoms with Crippen LogP contribution in [0.4, 0.5) is 0 Å². The molecule has 1 aromatic rings. The van der Waals surface area contributed by atoms with Gasteiger partial charge in [-0.2, -0.15) is 0 Å². The lowest BCUT2D eigenvalue weighted by Gasteiger charge is -2.26. The van der Waals surface area contributed by atoms with Gasteiger partial charge in [-0.25, -0.2) is 4.79 Å². The largest absolute Gasteiger partial charge is 0.478 e. The number of carbonyl (C=O) groups is 1. The normalized spacial score (nSPS) is 18.5. The van der Waals surface area contributed by atoms with Gasteiger partial charge in [0.1, 0.15) is 5.75 Å². The van der Waals surface area contributed by atoms with Crippen molar-refractivity contribution in [3.8, 4) is 5.75 Å². The number of carboxylic acids is 1. The van der Waals surface area contributed by atoms with Gasteiger partial charge in [-0.3, -0.25) is 0 Å². The van der Waals surface area contributed by atoms with Crippen LogP contribution in [0.1, 0.15) is 32.3 Å². The molecule has 92 valence electrons. The van der Waals surface area contributed by atoms with Crippen molar-refractivity contribution in [3.05, 3.63) is 29.8 Å². The summed E-state index contributed by atoms with van der Waals surface area (Å²) in [7, 11) is 0. The van der Waals surface area contributed by atoms with Gasteiger partial charge in [0, 0.05) is 5.92 Å². The van der Waals surface area contributed by atoms with Crippen LogP contribution in [-0.2, 0) is 11.2 Å². The van der Waals surface area contributed by atoms with E-state index in [9.17, 15) is 9.90 Å². The van der Waals surface area contributed by atoms with Crippen molar-refractivity contribution < 1.29 is 14.6 Å². The molecule has 2 rings (SSSR count). The highest BCUT2D eigenvalue weighted by atomic mass is 16.5. The van der Waals surface area contributed by atoms with E-state index in [0.717, 1.165) is 24.8 Å². The molecule has 0 aromatic heterocycles. The van der Waals surface area contributed by atoms with Crippen LogP contribution in [0.5, 0.6) is 5.75 Å². The van der Waals surface area contributed by atoms with E-state index in [1.165, 1.54) is 0 Å². The topological polar surface area (TPSA) is 46.5 Å². The molecule has 1 saturated carbocycles. The van der Waals surface area contributed by atoms with Crippen LogP contribution in [0.3, 0.4) is 0 Å². The molecule has 0 spiro atoms. The summed E-state index contributed by atoms with van der Waals surface area (Å²) in [4.78, 5) is 11.3. The van der Waals surface area contributed by atoms with Crippen molar-refractivity contribution in [3.63, 3.8) is 0 Å². The van der Waals surface area contributed by atoms with E-state index in [2.05, 4.69) is 6.92 Å². The fourth-order valence-corrected chi connectivity index (χ4v) is 2.01. The maximum absolute atomic E-state index is 11.3. The van der Waals surface area contributed by atoms with Gasteiger partial charge in [-0.05, 0) is 43.9 Å². The zero-order chi connectivity index (χ0) is 12.5. The van der Waals surface area contributed by atoms with Crippen LogP contribution in [-0.4, -0.2) is 16.7 Å². The van der Waals surface area contributed by atoms with E-state index >= 15 is 0 Å². The first-order chi connectivity index (χ1) is 8.06. The number of ether oxygens (including phenoxy) is 1. The summed E-state index contributed by atoms with van der Waals surface area (Å²) in [5, 5.41) is 9.31. The summed E-state index contributed by atoms with van der Waals surface area (Å²) >= 11 is 0. The number of aliphatic carboxylic acids is 1. The lowest BCUT2D eigenvalue weighted by atomic mass is 10.0. The fourth-order valence-electron chi connectivity index (χ4n) is 2.01. The number of carboxylic acid groups (broad SMARTS) is 1. The first kappa shape index (κ1) is 12.0. The van der Waals surface area contributed by atoms with Crippen LogP contribution < -0.4 is 4.74 Å². The molecule has 0 saturated heterocycles. The Labute approximate surface area is 101 Å². The minimum atomic E-state index is -1.08. The lowest BCUT2D eigenvalue weighted by Crippen LogP contribution is -2.43. The van der Waals surface area contributed by atoms with Gasteiger partial charge < -0.3 is 9.84 Å². The molecule has 0 radical (unpaired) electrons. The molecule has 1 aliphatic carbocycles. The number of benzene rings is 1. The van der Waals surface area contributed by atoms with Gasteiger partial charge in [0.25, 0.3) is 0 Å². The second kappa shape index (κ2) is 4.40. The number of hydrogen-bond donors (Lipinski definition) is 1. The quantitative estimate of drug-likeness (QED) is 0.852. The second-order valence-electron chi connectivity index (χ2n) is 4.79. The van der Waals surface area contributed by atoms with Crippen molar-refractivity contribution in [1.29, 1.82) is 0 Å². The van der Waals surface area contributed by atoms with Gasteiger partial charge in [-0.15, -0.1) is 0 Å². The third kappa shape index (κ3) is 2.43. The minimum absolute atomic E-state index is 0.144. The first-order valence-electron chi connectivity index (χ1n) is 6.07. The van der Waals surface area contributed by atoms with Crippen LogP contribution in [0.2, 0.25) is 0 Å². The molecular weight excluding hydrogens is 216 g/mol. The standard InChI is InChI=1S/C14H18O3/c1-3-10-5-4-6-12(9-10)17-14(2,13(15)16)11-7-8-11/h4-6,9,11H,3,7-8H2,1-2H3,(H,15,16). The summed E-state index contributed by atoms with van der Waals surface area (Å²) in [6.45, 7) is 3.74. The lowest BCUT2D eigenvalue weighted by molar-refractivity contribution is -0.155. The van der Waals surface area contributed by atoms with Crippen molar-refractivity contribution in [2.45, 2.75) is 38.7 Å². The molecule has 1 atom stereocenters. The Balaban J connectivity index is 2.20. The molecule has 1 aromatic carbocycles. The summed E-state index contributed by atoms with van der Waals surface area (Å²) in [6.07, 6.45) is 2.80. The monoisotopic (exact) mass is 234 g/mol. The number of rotatable bonds is 5. The fraction of sp³-hybridized carbons (Fsp3) is 0.500. The molecule has 0 amide bonds. The maximum atomic E-state index is 11.3. The highest BCUT2D eigenvalue weighted by Gasteiger charge is 2.49. The Hall–Kier alpha value is -1.51. The number of hydrogen-bond acceptors (Lipinski definition) is 2. The highest BCUT2D eigenvalue weighted by Crippen LogP contribution is 2.42. The molecule has 3 nitrogen and oxygen atoms in total. The molecule has 0 heterocycles. The van der Waals surface area contributed by atoms with E-state index in [1.54, 1.807) is 6.92 Å². The van der Waals surface area contributed by atoms with Gasteiger partial charge in [-0.1, -0.05) is 19.1 Å². The van der Waals surface area contributed by atoms with E-state index in [4.69, 9.17) is 4.74 Å². The van der Waals surface area contributed by atoms with Crippen molar-refractivity contribution in [1.82, 2.24) is 0 Å². The van der Waals surface area contributed by atoms with Crippen LogP contribution in [0.15, 0.2) is 24.3 Å². The summed E-state index contributed by atoms with van der Waals surface area (Å²) in [5.41, 5.74) is 0.0813. The zero-order valence-corrected chi connectivity index (χ0v) is 10.3. The average Bonchev–Trinajstić information content (AvgIpc) is 3.13. The average molecular weight is 234 g/mol. The van der Waals surface area contributed by atoms with E-state index < -0.39 is 11.6 Å². The zero-order valence-electron chi connectivity index (χ0n) is 10.3. The molecule has 3 heteroatoms. The van der Waals surface area contributed by atoms with Crippen molar-refractivity contribution >= 4 is 5.97 Å². The van der Waals surface area contributed by atoms with Crippen LogP contribution in [0.25, 0.3) is 0 Å². The van der Waals surface area contributed by atoms with Gasteiger partial charge in [0.15, 0.2) is 0 Å². The number of aryl methyl sites for hydroxylation is 1. The molecule has 1 fully saturated rings. The second-order valence-corrected chi connectivity index (χ2v) is 4.79.